The maximum atomic E-state index is 11.2. The quantitative estimate of drug-likeness (QED) is 0.857. The Labute approximate surface area is 142 Å². The standard InChI is InChI=1S/C20H21NO3/c1-21-11-10-16(17(12-21)15-6-3-2-4-7-15)14-24-20-9-5-8-19(23)18(20)13-22/h2-9,13,23H,10-12,14H2,1H3. The lowest BCUT2D eigenvalue weighted by atomic mass is 9.94. The summed E-state index contributed by atoms with van der Waals surface area (Å²) in [5, 5.41) is 9.76. The summed E-state index contributed by atoms with van der Waals surface area (Å²) in [6, 6.07) is 15.2. The van der Waals surface area contributed by atoms with Gasteiger partial charge in [-0.2, -0.15) is 0 Å². The molecule has 0 spiro atoms. The Hall–Kier alpha value is -2.59. The van der Waals surface area contributed by atoms with E-state index in [-0.39, 0.29) is 11.3 Å². The fourth-order valence-corrected chi connectivity index (χ4v) is 2.97. The van der Waals surface area contributed by atoms with E-state index in [4.69, 9.17) is 4.74 Å². The Morgan fingerprint density at radius 2 is 1.96 bits per heavy atom. The van der Waals surface area contributed by atoms with Gasteiger partial charge in [0.1, 0.15) is 18.1 Å². The summed E-state index contributed by atoms with van der Waals surface area (Å²) in [6.45, 7) is 2.28. The molecule has 4 heteroatoms. The van der Waals surface area contributed by atoms with E-state index in [2.05, 4.69) is 24.1 Å². The second-order valence-corrected chi connectivity index (χ2v) is 6.03. The molecular formula is C20H21NO3. The minimum atomic E-state index is -0.0526. The summed E-state index contributed by atoms with van der Waals surface area (Å²) in [7, 11) is 2.11. The number of aromatic hydroxyl groups is 1. The number of phenols is 1. The van der Waals surface area contributed by atoms with Crippen LogP contribution in [-0.4, -0.2) is 43.0 Å². The van der Waals surface area contributed by atoms with Crippen molar-refractivity contribution in [3.05, 3.63) is 65.2 Å². The Balaban J connectivity index is 1.87. The van der Waals surface area contributed by atoms with Gasteiger partial charge in [0.2, 0.25) is 0 Å². The monoisotopic (exact) mass is 323 g/mol. The fraction of sp³-hybridized carbons (Fsp3) is 0.250. The number of hydrogen-bond acceptors (Lipinski definition) is 4. The third kappa shape index (κ3) is 3.49. The number of ether oxygens (including phenoxy) is 1. The van der Waals surface area contributed by atoms with Gasteiger partial charge in [-0.3, -0.25) is 4.79 Å². The molecule has 1 aliphatic rings. The largest absolute Gasteiger partial charge is 0.507 e. The average Bonchev–Trinajstić information content (AvgIpc) is 2.61. The number of benzene rings is 2. The highest BCUT2D eigenvalue weighted by atomic mass is 16.5. The van der Waals surface area contributed by atoms with Crippen LogP contribution in [0.15, 0.2) is 54.1 Å². The van der Waals surface area contributed by atoms with Gasteiger partial charge in [-0.1, -0.05) is 36.4 Å². The molecule has 0 saturated carbocycles. The van der Waals surface area contributed by atoms with Gasteiger partial charge in [0.25, 0.3) is 0 Å². The van der Waals surface area contributed by atoms with Crippen LogP contribution < -0.4 is 4.74 Å². The molecule has 1 N–H and O–H groups in total. The number of phenolic OH excluding ortho intramolecular Hbond substituents is 1. The molecule has 0 saturated heterocycles. The molecule has 0 radical (unpaired) electrons. The van der Waals surface area contributed by atoms with Crippen molar-refractivity contribution in [2.75, 3.05) is 26.7 Å². The van der Waals surface area contributed by atoms with Crippen LogP contribution in [0, 0.1) is 0 Å². The van der Waals surface area contributed by atoms with Crippen molar-refractivity contribution >= 4 is 11.9 Å². The SMILES string of the molecule is CN1CCC(COc2cccc(O)c2C=O)=C(c2ccccc2)C1. The molecule has 0 amide bonds. The third-order valence-electron chi connectivity index (χ3n) is 4.34. The van der Waals surface area contributed by atoms with Crippen LogP contribution in [0.5, 0.6) is 11.5 Å². The predicted molar refractivity (Wildman–Crippen MR) is 94.5 cm³/mol. The maximum absolute atomic E-state index is 11.2. The van der Waals surface area contributed by atoms with Crippen molar-refractivity contribution in [3.63, 3.8) is 0 Å². The molecule has 1 heterocycles. The normalized spacial score (nSPS) is 15.4. The fourth-order valence-electron chi connectivity index (χ4n) is 2.97. The van der Waals surface area contributed by atoms with Crippen molar-refractivity contribution in [2.24, 2.45) is 0 Å². The molecule has 0 unspecified atom stereocenters. The van der Waals surface area contributed by atoms with Gasteiger partial charge in [0.05, 0.1) is 5.56 Å². The Bertz CT molecular complexity index is 753. The predicted octanol–water partition coefficient (Wildman–Crippen LogP) is 3.37. The van der Waals surface area contributed by atoms with Gasteiger partial charge < -0.3 is 14.7 Å². The van der Waals surface area contributed by atoms with Crippen LogP contribution in [0.25, 0.3) is 5.57 Å². The van der Waals surface area contributed by atoms with Crippen LogP contribution in [0.1, 0.15) is 22.3 Å². The van der Waals surface area contributed by atoms with Crippen molar-refractivity contribution in [2.45, 2.75) is 6.42 Å². The first-order chi connectivity index (χ1) is 11.7. The number of rotatable bonds is 5. The molecule has 0 atom stereocenters. The average molecular weight is 323 g/mol. The smallest absolute Gasteiger partial charge is 0.157 e. The number of hydrogen-bond donors (Lipinski definition) is 1. The van der Waals surface area contributed by atoms with E-state index in [9.17, 15) is 9.90 Å². The molecule has 124 valence electrons. The maximum Gasteiger partial charge on any atom is 0.157 e. The molecule has 0 aromatic heterocycles. The highest BCUT2D eigenvalue weighted by Crippen LogP contribution is 2.29. The lowest BCUT2D eigenvalue weighted by Gasteiger charge is -2.28. The second kappa shape index (κ2) is 7.32. The molecule has 3 rings (SSSR count). The molecule has 24 heavy (non-hydrogen) atoms. The summed E-state index contributed by atoms with van der Waals surface area (Å²) in [4.78, 5) is 13.5. The first-order valence-corrected chi connectivity index (χ1v) is 8.04. The van der Waals surface area contributed by atoms with Crippen molar-refractivity contribution in [3.8, 4) is 11.5 Å². The number of carbonyl (C=O) groups is 1. The Morgan fingerprint density at radius 1 is 1.17 bits per heavy atom. The van der Waals surface area contributed by atoms with Gasteiger partial charge in [-0.05, 0) is 42.3 Å². The highest BCUT2D eigenvalue weighted by Gasteiger charge is 2.18. The van der Waals surface area contributed by atoms with Gasteiger partial charge in [-0.25, -0.2) is 0 Å². The Kier molecular flexibility index (Phi) is 4.96. The van der Waals surface area contributed by atoms with Gasteiger partial charge in [-0.15, -0.1) is 0 Å². The molecule has 0 fully saturated rings. The van der Waals surface area contributed by atoms with Gasteiger partial charge in [0.15, 0.2) is 6.29 Å². The van der Waals surface area contributed by atoms with Crippen molar-refractivity contribution in [1.82, 2.24) is 4.90 Å². The summed E-state index contributed by atoms with van der Waals surface area (Å²) in [6.07, 6.45) is 1.56. The van der Waals surface area contributed by atoms with Crippen LogP contribution >= 0.6 is 0 Å². The van der Waals surface area contributed by atoms with E-state index in [1.807, 2.05) is 18.2 Å². The lowest BCUT2D eigenvalue weighted by Crippen LogP contribution is -2.29. The highest BCUT2D eigenvalue weighted by molar-refractivity contribution is 5.83. The van der Waals surface area contributed by atoms with Crippen molar-refractivity contribution < 1.29 is 14.6 Å². The molecule has 0 bridgehead atoms. The summed E-state index contributed by atoms with van der Waals surface area (Å²) >= 11 is 0. The zero-order valence-corrected chi connectivity index (χ0v) is 13.7. The zero-order valence-electron chi connectivity index (χ0n) is 13.7. The van der Waals surface area contributed by atoms with Gasteiger partial charge >= 0.3 is 0 Å². The molecular weight excluding hydrogens is 302 g/mol. The van der Waals surface area contributed by atoms with Crippen LogP contribution in [-0.2, 0) is 0 Å². The third-order valence-corrected chi connectivity index (χ3v) is 4.34. The van der Waals surface area contributed by atoms with E-state index in [1.54, 1.807) is 12.1 Å². The minimum absolute atomic E-state index is 0.0526. The van der Waals surface area contributed by atoms with Crippen molar-refractivity contribution in [1.29, 1.82) is 0 Å². The number of carbonyl (C=O) groups excluding carboxylic acids is 1. The van der Waals surface area contributed by atoms with Crippen LogP contribution in [0.4, 0.5) is 0 Å². The van der Waals surface area contributed by atoms with E-state index in [0.29, 0.717) is 18.6 Å². The second-order valence-electron chi connectivity index (χ2n) is 6.03. The molecule has 1 aliphatic heterocycles. The first kappa shape index (κ1) is 16.3. The molecule has 2 aromatic rings. The molecule has 2 aromatic carbocycles. The topological polar surface area (TPSA) is 49.8 Å². The van der Waals surface area contributed by atoms with E-state index in [1.165, 1.54) is 22.8 Å². The first-order valence-electron chi connectivity index (χ1n) is 8.04. The molecule has 0 aliphatic carbocycles. The summed E-state index contributed by atoms with van der Waals surface area (Å²) < 4.78 is 5.87. The van der Waals surface area contributed by atoms with Crippen LogP contribution in [0.3, 0.4) is 0 Å². The summed E-state index contributed by atoms with van der Waals surface area (Å²) in [5.41, 5.74) is 3.91. The number of likely N-dealkylation sites (N-methyl/N-ethyl adjacent to an activating group) is 1. The lowest BCUT2D eigenvalue weighted by molar-refractivity contribution is 0.111. The van der Waals surface area contributed by atoms with E-state index in [0.717, 1.165) is 19.5 Å². The summed E-state index contributed by atoms with van der Waals surface area (Å²) in [5.74, 6) is 0.368. The van der Waals surface area contributed by atoms with Crippen LogP contribution in [0.2, 0.25) is 0 Å². The number of aldehydes is 1. The number of nitrogens with zero attached hydrogens (tertiary/aromatic N) is 1. The van der Waals surface area contributed by atoms with E-state index < -0.39 is 0 Å². The minimum Gasteiger partial charge on any atom is -0.507 e. The Morgan fingerprint density at radius 3 is 2.71 bits per heavy atom. The molecule has 4 nitrogen and oxygen atoms in total. The van der Waals surface area contributed by atoms with Gasteiger partial charge in [0, 0.05) is 13.1 Å². The van der Waals surface area contributed by atoms with E-state index >= 15 is 0 Å². The zero-order chi connectivity index (χ0) is 16.9.